The number of nitrogens with zero attached hydrogens (tertiary/aromatic N) is 8. The molecule has 0 bridgehead atoms. The third kappa shape index (κ3) is 6.82. The quantitative estimate of drug-likeness (QED) is 0.136. The number of benzene rings is 3. The number of sulfonamides is 1. The second kappa shape index (κ2) is 12.6. The first-order chi connectivity index (χ1) is 21.7. The van der Waals surface area contributed by atoms with Gasteiger partial charge in [0.2, 0.25) is 10.0 Å². The number of carbonyl (C=O) groups excluding carboxylic acids is 1. The SMILES string of the molecule is O=C1C(=Cc2cn(Cc3ccccc3)nn2)CN(S(=O)(=O)c2ccc([N+](=O)[O-])cc2)CC1=Cc1cn(Cc2ccccc2)nn1. The Hall–Kier alpha value is -5.60. The molecule has 0 saturated carbocycles. The van der Waals surface area contributed by atoms with Crippen molar-refractivity contribution in [2.75, 3.05) is 13.1 Å². The van der Waals surface area contributed by atoms with E-state index < -0.39 is 14.9 Å². The molecular weight excluding hydrogens is 596 g/mol. The van der Waals surface area contributed by atoms with Crippen molar-refractivity contribution >= 4 is 33.6 Å². The fourth-order valence-electron chi connectivity index (χ4n) is 4.88. The second-order valence-electron chi connectivity index (χ2n) is 10.3. The predicted molar refractivity (Wildman–Crippen MR) is 164 cm³/mol. The van der Waals surface area contributed by atoms with Crippen LogP contribution in [-0.4, -0.2) is 66.5 Å². The Morgan fingerprint density at radius 2 is 1.20 bits per heavy atom. The van der Waals surface area contributed by atoms with Crippen LogP contribution in [0.3, 0.4) is 0 Å². The molecule has 0 amide bonds. The van der Waals surface area contributed by atoms with Gasteiger partial charge in [0.25, 0.3) is 5.69 Å². The lowest BCUT2D eigenvalue weighted by atomic mass is 9.97. The van der Waals surface area contributed by atoms with Crippen molar-refractivity contribution in [2.24, 2.45) is 0 Å². The van der Waals surface area contributed by atoms with Crippen molar-refractivity contribution in [1.82, 2.24) is 34.3 Å². The zero-order valence-electron chi connectivity index (χ0n) is 23.7. The van der Waals surface area contributed by atoms with Crippen LogP contribution in [0, 0.1) is 10.1 Å². The first kappa shape index (κ1) is 29.5. The number of hydrogen-bond donors (Lipinski definition) is 0. The van der Waals surface area contributed by atoms with Crippen LogP contribution in [0.2, 0.25) is 0 Å². The van der Waals surface area contributed by atoms with E-state index in [0.717, 1.165) is 27.6 Å². The van der Waals surface area contributed by atoms with E-state index in [4.69, 9.17) is 0 Å². The van der Waals surface area contributed by atoms with Crippen LogP contribution in [0.5, 0.6) is 0 Å². The summed E-state index contributed by atoms with van der Waals surface area (Å²) in [5, 5.41) is 27.8. The highest BCUT2D eigenvalue weighted by Gasteiger charge is 2.35. The number of nitro benzene ring substituents is 1. The minimum Gasteiger partial charge on any atom is -0.289 e. The van der Waals surface area contributed by atoms with Gasteiger partial charge in [-0.2, -0.15) is 4.31 Å². The van der Waals surface area contributed by atoms with E-state index in [-0.39, 0.29) is 40.6 Å². The van der Waals surface area contributed by atoms with Crippen LogP contribution in [0.1, 0.15) is 22.5 Å². The molecule has 0 radical (unpaired) electrons. The van der Waals surface area contributed by atoms with Gasteiger partial charge in [0, 0.05) is 36.4 Å². The number of nitro groups is 1. The molecule has 6 rings (SSSR count). The lowest BCUT2D eigenvalue weighted by Crippen LogP contribution is -2.41. The van der Waals surface area contributed by atoms with E-state index in [9.17, 15) is 23.3 Å². The second-order valence-corrected chi connectivity index (χ2v) is 12.3. The van der Waals surface area contributed by atoms with Gasteiger partial charge in [-0.25, -0.2) is 17.8 Å². The highest BCUT2D eigenvalue weighted by atomic mass is 32.2. The van der Waals surface area contributed by atoms with E-state index >= 15 is 0 Å². The third-order valence-electron chi connectivity index (χ3n) is 7.09. The van der Waals surface area contributed by atoms with Gasteiger partial charge in [0.1, 0.15) is 11.4 Å². The van der Waals surface area contributed by atoms with Gasteiger partial charge in [0.15, 0.2) is 5.78 Å². The summed E-state index contributed by atoms with van der Waals surface area (Å²) in [7, 11) is -4.15. The monoisotopic (exact) mass is 622 g/mol. The Labute approximate surface area is 257 Å². The smallest absolute Gasteiger partial charge is 0.269 e. The van der Waals surface area contributed by atoms with Crippen molar-refractivity contribution in [3.05, 3.63) is 141 Å². The molecule has 0 aliphatic carbocycles. The molecule has 5 aromatic rings. The lowest BCUT2D eigenvalue weighted by molar-refractivity contribution is -0.384. The minimum atomic E-state index is -4.15. The first-order valence-corrected chi connectivity index (χ1v) is 15.3. The van der Waals surface area contributed by atoms with Crippen LogP contribution in [-0.2, 0) is 27.9 Å². The van der Waals surface area contributed by atoms with Crippen LogP contribution >= 0.6 is 0 Å². The molecule has 2 aromatic heterocycles. The Morgan fingerprint density at radius 3 is 1.64 bits per heavy atom. The molecule has 1 fully saturated rings. The maximum Gasteiger partial charge on any atom is 0.269 e. The van der Waals surface area contributed by atoms with Gasteiger partial charge in [-0.05, 0) is 35.4 Å². The molecule has 13 nitrogen and oxygen atoms in total. The summed E-state index contributed by atoms with van der Waals surface area (Å²) in [5.74, 6) is -0.361. The maximum atomic E-state index is 13.7. The Kier molecular flexibility index (Phi) is 8.22. The average Bonchev–Trinajstić information content (AvgIpc) is 3.68. The number of rotatable bonds is 9. The van der Waals surface area contributed by atoms with Crippen LogP contribution in [0.15, 0.2) is 113 Å². The molecule has 1 saturated heterocycles. The average molecular weight is 623 g/mol. The largest absolute Gasteiger partial charge is 0.289 e. The van der Waals surface area contributed by atoms with Crippen molar-refractivity contribution < 1.29 is 18.1 Å². The fraction of sp³-hybridized carbons (Fsp3) is 0.129. The van der Waals surface area contributed by atoms with E-state index in [1.807, 2.05) is 60.7 Å². The van der Waals surface area contributed by atoms with E-state index in [2.05, 4.69) is 20.6 Å². The number of Topliss-reactive ketones (excluding diaryl/α,β-unsaturated/α-hetero) is 1. The molecule has 3 aromatic carbocycles. The number of non-ortho nitro benzene ring substituents is 1. The van der Waals surface area contributed by atoms with Crippen molar-refractivity contribution in [2.45, 2.75) is 18.0 Å². The zero-order chi connectivity index (χ0) is 31.4. The highest BCUT2D eigenvalue weighted by molar-refractivity contribution is 7.89. The Balaban J connectivity index is 1.32. The van der Waals surface area contributed by atoms with E-state index in [0.29, 0.717) is 24.5 Å². The summed E-state index contributed by atoms with van der Waals surface area (Å²) in [6.45, 7) is 0.467. The maximum absolute atomic E-state index is 13.7. The van der Waals surface area contributed by atoms with Crippen molar-refractivity contribution in [3.63, 3.8) is 0 Å². The van der Waals surface area contributed by atoms with Gasteiger partial charge in [0.05, 0.1) is 35.3 Å². The van der Waals surface area contributed by atoms with E-state index in [1.54, 1.807) is 21.8 Å². The standard InChI is InChI=1S/C31H26N8O5S/c40-31-25(15-27-21-36(34-32-27)17-23-7-3-1-4-8-23)19-38(45(43,44)30-13-11-29(12-14-30)39(41)42)20-26(31)16-28-22-37(35-33-28)18-24-9-5-2-6-10-24/h1-16,21-22H,17-20H2. The molecule has 3 heterocycles. The normalized spacial score (nSPS) is 16.0. The van der Waals surface area contributed by atoms with Gasteiger partial charge < -0.3 is 0 Å². The number of aromatic nitrogens is 6. The van der Waals surface area contributed by atoms with Crippen molar-refractivity contribution in [1.29, 1.82) is 0 Å². The van der Waals surface area contributed by atoms with Crippen LogP contribution in [0.4, 0.5) is 5.69 Å². The van der Waals surface area contributed by atoms with Gasteiger partial charge in [-0.15, -0.1) is 10.2 Å². The molecule has 0 N–H and O–H groups in total. The molecule has 45 heavy (non-hydrogen) atoms. The third-order valence-corrected chi connectivity index (χ3v) is 8.90. The zero-order valence-corrected chi connectivity index (χ0v) is 24.6. The fourth-order valence-corrected chi connectivity index (χ4v) is 6.27. The summed E-state index contributed by atoms with van der Waals surface area (Å²) in [5.41, 5.74) is 2.93. The summed E-state index contributed by atoms with van der Waals surface area (Å²) in [6.07, 6.45) is 6.40. The van der Waals surface area contributed by atoms with Crippen molar-refractivity contribution in [3.8, 4) is 0 Å². The van der Waals surface area contributed by atoms with Gasteiger partial charge in [-0.1, -0.05) is 71.1 Å². The summed E-state index contributed by atoms with van der Waals surface area (Å²) < 4.78 is 31.8. The first-order valence-electron chi connectivity index (χ1n) is 13.8. The molecule has 0 unspecified atom stereocenters. The number of ketones is 1. The molecule has 14 heteroatoms. The lowest BCUT2D eigenvalue weighted by Gasteiger charge is -2.28. The minimum absolute atomic E-state index is 0.135. The van der Waals surface area contributed by atoms with E-state index in [1.165, 1.54) is 24.3 Å². The Bertz CT molecular complexity index is 1920. The molecule has 1 aliphatic rings. The Morgan fingerprint density at radius 1 is 0.733 bits per heavy atom. The summed E-state index contributed by atoms with van der Waals surface area (Å²) in [4.78, 5) is 24.1. The topological polar surface area (TPSA) is 159 Å². The number of piperidine rings is 1. The molecule has 226 valence electrons. The number of hydrogen-bond acceptors (Lipinski definition) is 9. The van der Waals surface area contributed by atoms with Crippen LogP contribution in [0.25, 0.3) is 12.2 Å². The van der Waals surface area contributed by atoms with Crippen LogP contribution < -0.4 is 0 Å². The molecule has 0 atom stereocenters. The number of carbonyl (C=O) groups is 1. The predicted octanol–water partition coefficient (Wildman–Crippen LogP) is 3.62. The molecule has 1 aliphatic heterocycles. The van der Waals surface area contributed by atoms with Gasteiger partial charge in [-0.3, -0.25) is 14.9 Å². The highest BCUT2D eigenvalue weighted by Crippen LogP contribution is 2.27. The van der Waals surface area contributed by atoms with Gasteiger partial charge >= 0.3 is 0 Å². The molecular formula is C31H26N8O5S. The summed E-state index contributed by atoms with van der Waals surface area (Å²) >= 11 is 0. The summed E-state index contributed by atoms with van der Waals surface area (Å²) in [6, 6.07) is 24.0. The molecule has 0 spiro atoms.